The number of ketones is 1. The van der Waals surface area contributed by atoms with Gasteiger partial charge in [-0.05, 0) is 43.3 Å². The van der Waals surface area contributed by atoms with Crippen LogP contribution in [0.2, 0.25) is 0 Å². The molecule has 1 N–H and O–H groups in total. The Labute approximate surface area is 97.1 Å². The second-order valence-electron chi connectivity index (χ2n) is 4.13. The van der Waals surface area contributed by atoms with Gasteiger partial charge in [0.25, 0.3) is 0 Å². The number of benzene rings is 2. The molecule has 84 valence electrons. The summed E-state index contributed by atoms with van der Waals surface area (Å²) in [5, 5.41) is 1.89. The lowest BCUT2D eigenvalue weighted by atomic mass is 10.1. The Kier molecular flexibility index (Phi) is 2.01. The number of nitrogens with one attached hydrogen (secondary N) is 1. The summed E-state index contributed by atoms with van der Waals surface area (Å²) in [5.74, 6) is -0.237. The first-order chi connectivity index (χ1) is 8.15. The van der Waals surface area contributed by atoms with Gasteiger partial charge in [-0.3, -0.25) is 4.79 Å². The number of carbonyl (C=O) groups is 1. The maximum atomic E-state index is 13.1. The Bertz CT molecular complexity index is 742. The molecule has 0 radical (unpaired) electrons. The highest BCUT2D eigenvalue weighted by atomic mass is 19.1. The molecule has 0 spiro atoms. The lowest BCUT2D eigenvalue weighted by Gasteiger charge is -1.96. The lowest BCUT2D eigenvalue weighted by Crippen LogP contribution is -1.90. The number of hydrogen-bond donors (Lipinski definition) is 1. The highest BCUT2D eigenvalue weighted by molar-refractivity contribution is 6.09. The van der Waals surface area contributed by atoms with Gasteiger partial charge in [-0.1, -0.05) is 0 Å². The van der Waals surface area contributed by atoms with Gasteiger partial charge in [-0.2, -0.15) is 0 Å². The minimum atomic E-state index is -0.268. The van der Waals surface area contributed by atoms with Gasteiger partial charge >= 0.3 is 0 Å². The van der Waals surface area contributed by atoms with Crippen LogP contribution in [0.5, 0.6) is 0 Å². The van der Waals surface area contributed by atoms with Gasteiger partial charge in [0.2, 0.25) is 0 Å². The predicted octanol–water partition coefficient (Wildman–Crippen LogP) is 3.66. The molecule has 0 aliphatic heterocycles. The zero-order valence-corrected chi connectivity index (χ0v) is 9.25. The molecule has 3 rings (SSSR count). The number of aromatic amines is 1. The standard InChI is InChI=1S/C14H10FNO/c1-8(17)9-2-5-13-12(6-9)11-4-3-10(15)7-14(11)16-13/h2-7,16H,1H3. The minimum Gasteiger partial charge on any atom is -0.354 e. The normalized spacial score (nSPS) is 11.2. The molecule has 3 aromatic rings. The number of carbonyl (C=O) groups excluding carboxylic acids is 1. The van der Waals surface area contributed by atoms with E-state index in [2.05, 4.69) is 4.98 Å². The van der Waals surface area contributed by atoms with E-state index in [4.69, 9.17) is 0 Å². The van der Waals surface area contributed by atoms with Crippen molar-refractivity contribution in [3.63, 3.8) is 0 Å². The molecule has 0 unspecified atom stereocenters. The van der Waals surface area contributed by atoms with Crippen molar-refractivity contribution in [3.8, 4) is 0 Å². The Morgan fingerprint density at radius 1 is 1.06 bits per heavy atom. The maximum absolute atomic E-state index is 13.1. The van der Waals surface area contributed by atoms with Gasteiger partial charge in [-0.15, -0.1) is 0 Å². The summed E-state index contributed by atoms with van der Waals surface area (Å²) in [7, 11) is 0. The van der Waals surface area contributed by atoms with E-state index in [9.17, 15) is 9.18 Å². The van der Waals surface area contributed by atoms with E-state index >= 15 is 0 Å². The number of fused-ring (bicyclic) bond motifs is 3. The first-order valence-electron chi connectivity index (χ1n) is 5.37. The van der Waals surface area contributed by atoms with Crippen LogP contribution in [0.25, 0.3) is 21.8 Å². The second kappa shape index (κ2) is 3.42. The lowest BCUT2D eigenvalue weighted by molar-refractivity contribution is 0.101. The van der Waals surface area contributed by atoms with Gasteiger partial charge in [0.1, 0.15) is 5.82 Å². The van der Waals surface area contributed by atoms with Crippen LogP contribution in [0.3, 0.4) is 0 Å². The predicted molar refractivity (Wildman–Crippen MR) is 65.8 cm³/mol. The molecule has 2 nitrogen and oxygen atoms in total. The zero-order valence-electron chi connectivity index (χ0n) is 9.25. The highest BCUT2D eigenvalue weighted by Gasteiger charge is 2.07. The number of Topliss-reactive ketones (excluding diaryl/α,β-unsaturated/α-hetero) is 1. The molecule has 3 heteroatoms. The average Bonchev–Trinajstić information content (AvgIpc) is 2.64. The molecule has 0 aliphatic carbocycles. The van der Waals surface area contributed by atoms with Crippen LogP contribution in [0.4, 0.5) is 4.39 Å². The van der Waals surface area contributed by atoms with E-state index in [1.807, 2.05) is 12.1 Å². The minimum absolute atomic E-state index is 0.0309. The summed E-state index contributed by atoms with van der Waals surface area (Å²) in [6.07, 6.45) is 0. The number of halogens is 1. The van der Waals surface area contributed by atoms with Gasteiger partial charge in [0, 0.05) is 27.4 Å². The third-order valence-corrected chi connectivity index (χ3v) is 2.97. The van der Waals surface area contributed by atoms with E-state index in [1.54, 1.807) is 12.1 Å². The zero-order chi connectivity index (χ0) is 12.0. The van der Waals surface area contributed by atoms with Gasteiger partial charge < -0.3 is 4.98 Å². The van der Waals surface area contributed by atoms with Crippen molar-refractivity contribution < 1.29 is 9.18 Å². The third-order valence-electron chi connectivity index (χ3n) is 2.97. The summed E-state index contributed by atoms with van der Waals surface area (Å²) in [6.45, 7) is 1.54. The van der Waals surface area contributed by atoms with Gasteiger partial charge in [0.05, 0.1) is 0 Å². The summed E-state index contributed by atoms with van der Waals surface area (Å²) in [4.78, 5) is 14.5. The van der Waals surface area contributed by atoms with Crippen LogP contribution in [-0.4, -0.2) is 10.8 Å². The smallest absolute Gasteiger partial charge is 0.159 e. The van der Waals surface area contributed by atoms with Crippen LogP contribution >= 0.6 is 0 Å². The largest absolute Gasteiger partial charge is 0.354 e. The Morgan fingerprint density at radius 2 is 1.88 bits per heavy atom. The van der Waals surface area contributed by atoms with Crippen molar-refractivity contribution in [1.29, 1.82) is 0 Å². The molecule has 0 aliphatic rings. The maximum Gasteiger partial charge on any atom is 0.159 e. The number of hydrogen-bond acceptors (Lipinski definition) is 1. The SMILES string of the molecule is CC(=O)c1ccc2[nH]c3cc(F)ccc3c2c1. The van der Waals surface area contributed by atoms with Crippen molar-refractivity contribution in [2.45, 2.75) is 6.92 Å². The van der Waals surface area contributed by atoms with E-state index < -0.39 is 0 Å². The molecule has 0 atom stereocenters. The first kappa shape index (κ1) is 10.0. The summed E-state index contributed by atoms with van der Waals surface area (Å²) in [6, 6.07) is 10.1. The van der Waals surface area contributed by atoms with Crippen LogP contribution < -0.4 is 0 Å². The Hall–Kier alpha value is -2.16. The first-order valence-corrected chi connectivity index (χ1v) is 5.37. The molecular formula is C14H10FNO. The van der Waals surface area contributed by atoms with E-state index in [-0.39, 0.29) is 11.6 Å². The Morgan fingerprint density at radius 3 is 2.65 bits per heavy atom. The van der Waals surface area contributed by atoms with E-state index in [1.165, 1.54) is 19.1 Å². The molecule has 0 amide bonds. The molecular weight excluding hydrogens is 217 g/mol. The van der Waals surface area contributed by atoms with Crippen molar-refractivity contribution in [2.75, 3.05) is 0 Å². The summed E-state index contributed by atoms with van der Waals surface area (Å²) in [5.41, 5.74) is 2.33. The topological polar surface area (TPSA) is 32.9 Å². The second-order valence-corrected chi connectivity index (χ2v) is 4.13. The molecule has 1 aromatic heterocycles. The van der Waals surface area contributed by atoms with Crippen LogP contribution in [0.15, 0.2) is 36.4 Å². The molecule has 1 heterocycles. The van der Waals surface area contributed by atoms with E-state index in [0.717, 1.165) is 21.8 Å². The van der Waals surface area contributed by atoms with Gasteiger partial charge in [-0.25, -0.2) is 4.39 Å². The van der Waals surface area contributed by atoms with Crippen LogP contribution in [0.1, 0.15) is 17.3 Å². The summed E-state index contributed by atoms with van der Waals surface area (Å²) < 4.78 is 13.1. The van der Waals surface area contributed by atoms with Crippen LogP contribution in [0, 0.1) is 5.82 Å². The molecule has 0 saturated carbocycles. The van der Waals surface area contributed by atoms with Crippen molar-refractivity contribution in [3.05, 3.63) is 47.8 Å². The quantitative estimate of drug-likeness (QED) is 0.632. The fourth-order valence-corrected chi connectivity index (χ4v) is 2.09. The Balaban J connectivity index is 2.41. The van der Waals surface area contributed by atoms with Crippen molar-refractivity contribution in [2.24, 2.45) is 0 Å². The van der Waals surface area contributed by atoms with Crippen LogP contribution in [-0.2, 0) is 0 Å². The molecule has 17 heavy (non-hydrogen) atoms. The third kappa shape index (κ3) is 1.51. The molecule has 0 bridgehead atoms. The molecule has 2 aromatic carbocycles. The highest BCUT2D eigenvalue weighted by Crippen LogP contribution is 2.26. The van der Waals surface area contributed by atoms with Gasteiger partial charge in [0.15, 0.2) is 5.78 Å². The number of H-pyrrole nitrogens is 1. The molecule has 0 fully saturated rings. The monoisotopic (exact) mass is 227 g/mol. The average molecular weight is 227 g/mol. The number of aromatic nitrogens is 1. The summed E-state index contributed by atoms with van der Waals surface area (Å²) >= 11 is 0. The van der Waals surface area contributed by atoms with Crippen molar-refractivity contribution in [1.82, 2.24) is 4.98 Å². The molecule has 0 saturated heterocycles. The fraction of sp³-hybridized carbons (Fsp3) is 0.0714. The fourth-order valence-electron chi connectivity index (χ4n) is 2.09. The van der Waals surface area contributed by atoms with E-state index in [0.29, 0.717) is 5.56 Å². The number of rotatable bonds is 1. The van der Waals surface area contributed by atoms with Crippen molar-refractivity contribution >= 4 is 27.6 Å².